The van der Waals surface area contributed by atoms with Gasteiger partial charge in [-0.15, -0.1) is 0 Å². The number of ether oxygens (including phenoxy) is 2. The Hall–Kier alpha value is -3.55. The molecule has 3 aromatic rings. The van der Waals surface area contributed by atoms with E-state index in [4.69, 9.17) is 15.2 Å². The van der Waals surface area contributed by atoms with Crippen LogP contribution in [0.15, 0.2) is 42.7 Å². The van der Waals surface area contributed by atoms with Crippen LogP contribution < -0.4 is 15.2 Å². The number of aromatic nitrogens is 2. The first-order valence-corrected chi connectivity index (χ1v) is 8.24. The van der Waals surface area contributed by atoms with E-state index in [1.54, 1.807) is 6.07 Å². The van der Waals surface area contributed by atoms with Crippen LogP contribution in [0.3, 0.4) is 0 Å². The summed E-state index contributed by atoms with van der Waals surface area (Å²) in [6.07, 6.45) is 1.37. The molecule has 0 unspecified atom stereocenters. The van der Waals surface area contributed by atoms with Gasteiger partial charge in [-0.05, 0) is 35.9 Å². The lowest BCUT2D eigenvalue weighted by atomic mass is 10.0. The molecule has 1 aromatic heterocycles. The van der Waals surface area contributed by atoms with Crippen molar-refractivity contribution in [2.75, 3.05) is 14.2 Å². The third kappa shape index (κ3) is 3.90. The molecule has 0 aliphatic heterocycles. The molecular weight excluding hydrogens is 368 g/mol. The molecule has 6 nitrogen and oxygen atoms in total. The number of carbonyl (C=O) groups is 1. The van der Waals surface area contributed by atoms with Gasteiger partial charge in [0.05, 0.1) is 25.5 Å². The number of hydrogen-bond acceptors (Lipinski definition) is 5. The van der Waals surface area contributed by atoms with Gasteiger partial charge in [0.1, 0.15) is 29.5 Å². The fraction of sp³-hybridized carbons (Fsp3) is 0.150. The Balaban J connectivity index is 2.00. The van der Waals surface area contributed by atoms with Gasteiger partial charge in [0.25, 0.3) is 5.91 Å². The molecule has 2 N–H and O–H groups in total. The summed E-state index contributed by atoms with van der Waals surface area (Å²) in [6, 6.07) is 8.11. The van der Waals surface area contributed by atoms with Gasteiger partial charge in [-0.2, -0.15) is 0 Å². The number of nitrogens with two attached hydrogens (primary N) is 1. The van der Waals surface area contributed by atoms with E-state index in [1.807, 2.05) is 0 Å². The number of primary amides is 1. The van der Waals surface area contributed by atoms with Crippen LogP contribution in [0.2, 0.25) is 0 Å². The van der Waals surface area contributed by atoms with Crippen LogP contribution in [-0.2, 0) is 6.42 Å². The first-order valence-electron chi connectivity index (χ1n) is 8.24. The van der Waals surface area contributed by atoms with Crippen molar-refractivity contribution in [3.8, 4) is 22.8 Å². The smallest absolute Gasteiger partial charge is 0.252 e. The number of benzene rings is 2. The maximum atomic E-state index is 14.4. The first-order chi connectivity index (χ1) is 13.4. The molecule has 28 heavy (non-hydrogen) atoms. The fourth-order valence-electron chi connectivity index (χ4n) is 2.81. The monoisotopic (exact) mass is 385 g/mol. The Morgan fingerprint density at radius 2 is 1.79 bits per heavy atom. The van der Waals surface area contributed by atoms with E-state index in [2.05, 4.69) is 9.97 Å². The molecule has 0 aliphatic rings. The minimum Gasteiger partial charge on any atom is -0.496 e. The predicted molar refractivity (Wildman–Crippen MR) is 98.3 cm³/mol. The van der Waals surface area contributed by atoms with Crippen molar-refractivity contribution in [2.24, 2.45) is 5.73 Å². The minimum absolute atomic E-state index is 0.0571. The Bertz CT molecular complexity index is 1040. The average molecular weight is 385 g/mol. The summed E-state index contributed by atoms with van der Waals surface area (Å²) in [4.78, 5) is 19.9. The number of amides is 1. The van der Waals surface area contributed by atoms with Crippen LogP contribution in [-0.4, -0.2) is 30.1 Å². The average Bonchev–Trinajstić information content (AvgIpc) is 2.69. The number of methoxy groups -OCH3 is 2. The van der Waals surface area contributed by atoms with E-state index in [0.29, 0.717) is 22.7 Å². The number of halogens is 2. The van der Waals surface area contributed by atoms with Crippen molar-refractivity contribution < 1.29 is 23.0 Å². The van der Waals surface area contributed by atoms with Crippen molar-refractivity contribution in [1.82, 2.24) is 9.97 Å². The van der Waals surface area contributed by atoms with Gasteiger partial charge >= 0.3 is 0 Å². The molecule has 1 heterocycles. The Kier molecular flexibility index (Phi) is 5.49. The SMILES string of the molecule is COc1cc(F)c(Cc2cc(-c3cc(F)ccc3OC)ncn2)cc1C(N)=O. The lowest BCUT2D eigenvalue weighted by Gasteiger charge is -2.11. The second kappa shape index (κ2) is 7.99. The highest BCUT2D eigenvalue weighted by Gasteiger charge is 2.16. The zero-order valence-electron chi connectivity index (χ0n) is 15.2. The predicted octanol–water partition coefficient (Wildman–Crippen LogP) is 3.13. The molecule has 0 bridgehead atoms. The zero-order chi connectivity index (χ0) is 20.3. The van der Waals surface area contributed by atoms with Gasteiger partial charge < -0.3 is 15.2 Å². The van der Waals surface area contributed by atoms with Gasteiger partial charge in [-0.3, -0.25) is 4.79 Å². The molecule has 2 aromatic carbocycles. The van der Waals surface area contributed by atoms with Crippen LogP contribution in [0.4, 0.5) is 8.78 Å². The maximum absolute atomic E-state index is 14.4. The highest BCUT2D eigenvalue weighted by atomic mass is 19.1. The molecule has 1 amide bonds. The van der Waals surface area contributed by atoms with Crippen molar-refractivity contribution in [2.45, 2.75) is 6.42 Å². The third-order valence-corrected chi connectivity index (χ3v) is 4.17. The summed E-state index contributed by atoms with van der Waals surface area (Å²) >= 11 is 0. The van der Waals surface area contributed by atoms with Gasteiger partial charge in [0, 0.05) is 23.7 Å². The van der Waals surface area contributed by atoms with Gasteiger partial charge in [-0.1, -0.05) is 0 Å². The number of carbonyl (C=O) groups excluding carboxylic acids is 1. The highest BCUT2D eigenvalue weighted by Crippen LogP contribution is 2.30. The third-order valence-electron chi connectivity index (χ3n) is 4.17. The quantitative estimate of drug-likeness (QED) is 0.704. The molecule has 8 heteroatoms. The summed E-state index contributed by atoms with van der Waals surface area (Å²) in [5.74, 6) is -1.24. The largest absolute Gasteiger partial charge is 0.496 e. The normalized spacial score (nSPS) is 10.6. The van der Waals surface area contributed by atoms with Crippen LogP contribution in [0.1, 0.15) is 21.6 Å². The van der Waals surface area contributed by atoms with Crippen LogP contribution >= 0.6 is 0 Å². The second-order valence-corrected chi connectivity index (χ2v) is 5.92. The lowest BCUT2D eigenvalue weighted by molar-refractivity contribution is 0.0997. The van der Waals surface area contributed by atoms with Gasteiger partial charge in [0.15, 0.2) is 0 Å². The molecular formula is C20H17F2N3O3. The van der Waals surface area contributed by atoms with E-state index < -0.39 is 17.5 Å². The highest BCUT2D eigenvalue weighted by molar-refractivity contribution is 5.95. The topological polar surface area (TPSA) is 87.3 Å². The number of nitrogens with zero attached hydrogens (tertiary/aromatic N) is 2. The maximum Gasteiger partial charge on any atom is 0.252 e. The molecule has 0 atom stereocenters. The summed E-state index contributed by atoms with van der Waals surface area (Å²) in [5.41, 5.74) is 6.95. The van der Waals surface area contributed by atoms with E-state index in [1.165, 1.54) is 44.8 Å². The molecule has 0 saturated carbocycles. The van der Waals surface area contributed by atoms with Crippen molar-refractivity contribution >= 4 is 5.91 Å². The Morgan fingerprint density at radius 1 is 1.04 bits per heavy atom. The molecule has 0 radical (unpaired) electrons. The van der Waals surface area contributed by atoms with Crippen LogP contribution in [0, 0.1) is 11.6 Å². The van der Waals surface area contributed by atoms with Gasteiger partial charge in [0.2, 0.25) is 0 Å². The Morgan fingerprint density at radius 3 is 2.46 bits per heavy atom. The zero-order valence-corrected chi connectivity index (χ0v) is 15.2. The molecule has 0 spiro atoms. The summed E-state index contributed by atoms with van der Waals surface area (Å²) in [5, 5.41) is 0. The van der Waals surface area contributed by atoms with Gasteiger partial charge in [-0.25, -0.2) is 18.7 Å². The first kappa shape index (κ1) is 19.2. The standard InChI is InChI=1S/C20H17F2N3O3/c1-27-18-4-3-12(21)7-14(18)17-8-13(24-10-25-17)5-11-6-15(20(23)26)19(28-2)9-16(11)22/h3-4,6-10H,5H2,1-2H3,(H2,23,26). The molecule has 0 saturated heterocycles. The van der Waals surface area contributed by atoms with Crippen LogP contribution in [0.5, 0.6) is 11.5 Å². The van der Waals surface area contributed by atoms with E-state index in [0.717, 1.165) is 6.07 Å². The summed E-state index contributed by atoms with van der Waals surface area (Å²) in [6.45, 7) is 0. The second-order valence-electron chi connectivity index (χ2n) is 5.92. The van der Waals surface area contributed by atoms with Crippen molar-refractivity contribution in [1.29, 1.82) is 0 Å². The summed E-state index contributed by atoms with van der Waals surface area (Å²) < 4.78 is 38.3. The number of rotatable bonds is 6. The molecule has 0 aliphatic carbocycles. The van der Waals surface area contributed by atoms with Crippen molar-refractivity contribution in [3.63, 3.8) is 0 Å². The molecule has 3 rings (SSSR count). The molecule has 144 valence electrons. The number of hydrogen-bond donors (Lipinski definition) is 1. The summed E-state index contributed by atoms with van der Waals surface area (Å²) in [7, 11) is 2.79. The lowest BCUT2D eigenvalue weighted by Crippen LogP contribution is -2.14. The van der Waals surface area contributed by atoms with E-state index >= 15 is 0 Å². The van der Waals surface area contributed by atoms with E-state index in [-0.39, 0.29) is 23.3 Å². The molecule has 0 fully saturated rings. The van der Waals surface area contributed by atoms with Crippen LogP contribution in [0.25, 0.3) is 11.3 Å². The fourth-order valence-corrected chi connectivity index (χ4v) is 2.81. The van der Waals surface area contributed by atoms with E-state index in [9.17, 15) is 13.6 Å². The van der Waals surface area contributed by atoms with Crippen molar-refractivity contribution in [3.05, 3.63) is 71.2 Å². The minimum atomic E-state index is -0.731. The Labute approximate surface area is 160 Å².